The zero-order valence-corrected chi connectivity index (χ0v) is 18.9. The Morgan fingerprint density at radius 3 is 2.61 bits per heavy atom. The third-order valence-corrected chi connectivity index (χ3v) is 6.92. The molecule has 0 saturated carbocycles. The maximum atomic E-state index is 12.4. The van der Waals surface area contributed by atoms with Gasteiger partial charge < -0.3 is 10.1 Å². The third-order valence-electron chi connectivity index (χ3n) is 4.91. The predicted octanol–water partition coefficient (Wildman–Crippen LogP) is 4.31. The highest BCUT2D eigenvalue weighted by atomic mass is 79.9. The lowest BCUT2D eigenvalue weighted by atomic mass is 10.1. The molecule has 0 aliphatic carbocycles. The number of halogens is 1. The summed E-state index contributed by atoms with van der Waals surface area (Å²) in [5, 5.41) is 3.08. The first-order valence-corrected chi connectivity index (χ1v) is 11.3. The first-order valence-electron chi connectivity index (χ1n) is 9.56. The standard InChI is InChI=1S/C22H27BrN2O2S/c1-16-12-21(17(2)11-20(16)23)28-15-22(26)24-13-18-5-3-4-6-19(18)14-25-7-9-27-10-8-25/h3-6,11-12H,7-10,13-15H2,1-2H3,(H,24,26). The van der Waals surface area contributed by atoms with Gasteiger partial charge in [0.05, 0.1) is 19.0 Å². The number of hydrogen-bond donors (Lipinski definition) is 1. The lowest BCUT2D eigenvalue weighted by molar-refractivity contribution is -0.118. The van der Waals surface area contributed by atoms with Crippen molar-refractivity contribution in [3.8, 4) is 0 Å². The molecule has 4 nitrogen and oxygen atoms in total. The van der Waals surface area contributed by atoms with Gasteiger partial charge in [0.25, 0.3) is 0 Å². The number of nitrogens with zero attached hydrogens (tertiary/aromatic N) is 1. The number of ether oxygens (including phenoxy) is 1. The van der Waals surface area contributed by atoms with Crippen LogP contribution in [0.25, 0.3) is 0 Å². The summed E-state index contributed by atoms with van der Waals surface area (Å²) in [4.78, 5) is 15.9. The van der Waals surface area contributed by atoms with Gasteiger partial charge in [-0.2, -0.15) is 0 Å². The van der Waals surface area contributed by atoms with Gasteiger partial charge in [0.15, 0.2) is 0 Å². The Hall–Kier alpha value is -1.34. The number of carbonyl (C=O) groups is 1. The van der Waals surface area contributed by atoms with Crippen LogP contribution in [0.3, 0.4) is 0 Å². The van der Waals surface area contributed by atoms with E-state index >= 15 is 0 Å². The molecule has 2 aromatic carbocycles. The van der Waals surface area contributed by atoms with E-state index in [0.29, 0.717) is 12.3 Å². The summed E-state index contributed by atoms with van der Waals surface area (Å²) in [6, 6.07) is 12.6. The van der Waals surface area contributed by atoms with Crippen LogP contribution in [0, 0.1) is 13.8 Å². The maximum Gasteiger partial charge on any atom is 0.230 e. The maximum absolute atomic E-state index is 12.4. The van der Waals surface area contributed by atoms with Crippen molar-refractivity contribution in [2.45, 2.75) is 31.8 Å². The van der Waals surface area contributed by atoms with Crippen molar-refractivity contribution in [1.82, 2.24) is 10.2 Å². The average molecular weight is 463 g/mol. The molecular formula is C22H27BrN2O2S. The van der Waals surface area contributed by atoms with Crippen molar-refractivity contribution in [3.05, 3.63) is 63.1 Å². The lowest BCUT2D eigenvalue weighted by Gasteiger charge is -2.27. The molecular weight excluding hydrogens is 436 g/mol. The van der Waals surface area contributed by atoms with Crippen molar-refractivity contribution >= 4 is 33.6 Å². The van der Waals surface area contributed by atoms with E-state index < -0.39 is 0 Å². The van der Waals surface area contributed by atoms with Crippen molar-refractivity contribution in [1.29, 1.82) is 0 Å². The molecule has 1 heterocycles. The summed E-state index contributed by atoms with van der Waals surface area (Å²) in [7, 11) is 0. The molecule has 2 aromatic rings. The predicted molar refractivity (Wildman–Crippen MR) is 119 cm³/mol. The van der Waals surface area contributed by atoms with Gasteiger partial charge in [-0.05, 0) is 48.2 Å². The summed E-state index contributed by atoms with van der Waals surface area (Å²) in [6.07, 6.45) is 0. The van der Waals surface area contributed by atoms with Crippen LogP contribution in [0.5, 0.6) is 0 Å². The lowest BCUT2D eigenvalue weighted by Crippen LogP contribution is -2.36. The van der Waals surface area contributed by atoms with Crippen LogP contribution in [0.1, 0.15) is 22.3 Å². The monoisotopic (exact) mass is 462 g/mol. The van der Waals surface area contributed by atoms with Crippen molar-refractivity contribution in [3.63, 3.8) is 0 Å². The fourth-order valence-electron chi connectivity index (χ4n) is 3.18. The Morgan fingerprint density at radius 1 is 1.14 bits per heavy atom. The van der Waals surface area contributed by atoms with Crippen molar-refractivity contribution in [2.24, 2.45) is 0 Å². The van der Waals surface area contributed by atoms with E-state index in [9.17, 15) is 4.79 Å². The Bertz CT molecular complexity index is 822. The Kier molecular flexibility index (Phi) is 7.97. The zero-order chi connectivity index (χ0) is 19.9. The van der Waals surface area contributed by atoms with E-state index in [2.05, 4.69) is 70.3 Å². The SMILES string of the molecule is Cc1cc(SCC(=O)NCc2ccccc2CN2CCOCC2)c(C)cc1Br. The molecule has 1 aliphatic rings. The Morgan fingerprint density at radius 2 is 1.86 bits per heavy atom. The van der Waals surface area contributed by atoms with Crippen LogP contribution in [0.4, 0.5) is 0 Å². The molecule has 1 aliphatic heterocycles. The van der Waals surface area contributed by atoms with Crippen molar-refractivity contribution < 1.29 is 9.53 Å². The van der Waals surface area contributed by atoms with E-state index in [1.54, 1.807) is 11.8 Å². The second-order valence-corrected chi connectivity index (χ2v) is 8.96. The van der Waals surface area contributed by atoms with Crippen LogP contribution >= 0.6 is 27.7 Å². The Balaban J connectivity index is 1.52. The number of thioether (sulfide) groups is 1. The number of amides is 1. The summed E-state index contributed by atoms with van der Waals surface area (Å²) in [5.74, 6) is 0.485. The quantitative estimate of drug-likeness (QED) is 0.622. The van der Waals surface area contributed by atoms with Crippen molar-refractivity contribution in [2.75, 3.05) is 32.1 Å². The molecule has 1 fully saturated rings. The van der Waals surface area contributed by atoms with Gasteiger partial charge in [0.1, 0.15) is 0 Å². The molecule has 1 N–H and O–H groups in total. The van der Waals surface area contributed by atoms with Crippen LogP contribution in [-0.4, -0.2) is 42.9 Å². The molecule has 0 unspecified atom stereocenters. The molecule has 0 bridgehead atoms. The number of nitrogens with one attached hydrogen (secondary N) is 1. The van der Waals surface area contributed by atoms with E-state index in [0.717, 1.165) is 42.2 Å². The van der Waals surface area contributed by atoms with Gasteiger partial charge in [0, 0.05) is 35.5 Å². The largest absolute Gasteiger partial charge is 0.379 e. The molecule has 6 heteroatoms. The second-order valence-electron chi connectivity index (χ2n) is 7.09. The summed E-state index contributed by atoms with van der Waals surface area (Å²) < 4.78 is 6.54. The molecule has 0 aromatic heterocycles. The smallest absolute Gasteiger partial charge is 0.230 e. The third kappa shape index (κ3) is 6.08. The topological polar surface area (TPSA) is 41.6 Å². The average Bonchev–Trinajstić information content (AvgIpc) is 2.70. The number of benzene rings is 2. The number of hydrogen-bond acceptors (Lipinski definition) is 4. The van der Waals surface area contributed by atoms with Crippen LogP contribution < -0.4 is 5.32 Å². The highest BCUT2D eigenvalue weighted by molar-refractivity contribution is 9.10. The minimum Gasteiger partial charge on any atom is -0.379 e. The summed E-state index contributed by atoms with van der Waals surface area (Å²) in [5.41, 5.74) is 4.83. The fraction of sp³-hybridized carbons (Fsp3) is 0.409. The van der Waals surface area contributed by atoms with Gasteiger partial charge >= 0.3 is 0 Å². The second kappa shape index (κ2) is 10.4. The van der Waals surface area contributed by atoms with Gasteiger partial charge in [-0.25, -0.2) is 0 Å². The number of aryl methyl sites for hydroxylation is 2. The molecule has 150 valence electrons. The van der Waals surface area contributed by atoms with E-state index in [1.807, 2.05) is 6.07 Å². The summed E-state index contributed by atoms with van der Waals surface area (Å²) >= 11 is 5.15. The van der Waals surface area contributed by atoms with E-state index in [4.69, 9.17) is 4.74 Å². The number of morpholine rings is 1. The van der Waals surface area contributed by atoms with E-state index in [1.165, 1.54) is 22.3 Å². The zero-order valence-electron chi connectivity index (χ0n) is 16.5. The molecule has 0 radical (unpaired) electrons. The first-order chi connectivity index (χ1) is 13.5. The molecule has 1 saturated heterocycles. The minimum atomic E-state index is 0.0612. The van der Waals surface area contributed by atoms with Crippen LogP contribution in [0.15, 0.2) is 45.8 Å². The summed E-state index contributed by atoms with van der Waals surface area (Å²) in [6.45, 7) is 9.13. The first kappa shape index (κ1) is 21.4. The highest BCUT2D eigenvalue weighted by Gasteiger charge is 2.13. The molecule has 3 rings (SSSR count). The Labute approximate surface area is 180 Å². The number of carbonyl (C=O) groups excluding carboxylic acids is 1. The number of rotatable bonds is 7. The van der Waals surface area contributed by atoms with Gasteiger partial charge in [-0.1, -0.05) is 40.2 Å². The molecule has 28 heavy (non-hydrogen) atoms. The molecule has 1 amide bonds. The van der Waals surface area contributed by atoms with Gasteiger partial charge in [-0.3, -0.25) is 9.69 Å². The van der Waals surface area contributed by atoms with Crippen LogP contribution in [-0.2, 0) is 22.6 Å². The minimum absolute atomic E-state index is 0.0612. The van der Waals surface area contributed by atoms with Gasteiger partial charge in [0.2, 0.25) is 5.91 Å². The van der Waals surface area contributed by atoms with E-state index in [-0.39, 0.29) is 5.91 Å². The molecule has 0 spiro atoms. The van der Waals surface area contributed by atoms with Crippen LogP contribution in [0.2, 0.25) is 0 Å². The molecule has 0 atom stereocenters. The normalized spacial score (nSPS) is 14.8. The fourth-order valence-corrected chi connectivity index (χ4v) is 4.58. The highest BCUT2D eigenvalue weighted by Crippen LogP contribution is 2.28. The van der Waals surface area contributed by atoms with Gasteiger partial charge in [-0.15, -0.1) is 11.8 Å².